The molecule has 3 nitrogen and oxygen atoms in total. The minimum atomic E-state index is 0.218. The van der Waals surface area contributed by atoms with Crippen LogP contribution < -0.4 is 10.5 Å². The van der Waals surface area contributed by atoms with Crippen molar-refractivity contribution in [2.24, 2.45) is 5.73 Å². The van der Waals surface area contributed by atoms with Gasteiger partial charge in [0.1, 0.15) is 0 Å². The number of nitrogens with two attached hydrogens (primary N) is 1. The van der Waals surface area contributed by atoms with E-state index in [2.05, 4.69) is 6.92 Å². The first-order valence-electron chi connectivity index (χ1n) is 4.81. The van der Waals surface area contributed by atoms with Gasteiger partial charge in [0, 0.05) is 0 Å². The summed E-state index contributed by atoms with van der Waals surface area (Å²) in [5.41, 5.74) is 7.48. The second-order valence-corrected chi connectivity index (χ2v) is 3.20. The van der Waals surface area contributed by atoms with E-state index in [9.17, 15) is 5.11 Å². The summed E-state index contributed by atoms with van der Waals surface area (Å²) in [6, 6.07) is 3.83. The molecule has 3 N–H and O–H groups in total. The summed E-state index contributed by atoms with van der Waals surface area (Å²) in [6.07, 6.45) is 1.60. The van der Waals surface area contributed by atoms with E-state index in [0.717, 1.165) is 17.5 Å². The molecule has 1 rings (SSSR count). The van der Waals surface area contributed by atoms with Crippen LogP contribution in [0.15, 0.2) is 12.1 Å². The normalized spacial score (nSPS) is 10.2. The SMILES string of the molecule is CCc1cc(CCN)c(O)c(OC)c1. The second kappa shape index (κ2) is 4.86. The first-order valence-corrected chi connectivity index (χ1v) is 4.81. The molecule has 0 bridgehead atoms. The Morgan fingerprint density at radius 2 is 2.14 bits per heavy atom. The number of ether oxygens (including phenoxy) is 1. The van der Waals surface area contributed by atoms with Crippen molar-refractivity contribution >= 4 is 0 Å². The number of phenols is 1. The molecule has 0 aliphatic rings. The van der Waals surface area contributed by atoms with Crippen LogP contribution in [0.3, 0.4) is 0 Å². The lowest BCUT2D eigenvalue weighted by molar-refractivity contribution is 0.370. The summed E-state index contributed by atoms with van der Waals surface area (Å²) in [4.78, 5) is 0. The van der Waals surface area contributed by atoms with E-state index in [-0.39, 0.29) is 5.75 Å². The third kappa shape index (κ3) is 2.17. The monoisotopic (exact) mass is 195 g/mol. The van der Waals surface area contributed by atoms with Gasteiger partial charge in [0.2, 0.25) is 0 Å². The molecule has 0 atom stereocenters. The number of methoxy groups -OCH3 is 1. The number of rotatable bonds is 4. The smallest absolute Gasteiger partial charge is 0.161 e. The van der Waals surface area contributed by atoms with Crippen LogP contribution in [-0.4, -0.2) is 18.8 Å². The van der Waals surface area contributed by atoms with Crippen LogP contribution in [0, 0.1) is 0 Å². The fraction of sp³-hybridized carbons (Fsp3) is 0.455. The van der Waals surface area contributed by atoms with E-state index in [1.165, 1.54) is 0 Å². The Morgan fingerprint density at radius 1 is 1.43 bits per heavy atom. The van der Waals surface area contributed by atoms with Crippen LogP contribution in [0.4, 0.5) is 0 Å². The van der Waals surface area contributed by atoms with E-state index >= 15 is 0 Å². The minimum absolute atomic E-state index is 0.218. The summed E-state index contributed by atoms with van der Waals surface area (Å²) in [5, 5.41) is 9.76. The average Bonchev–Trinajstić information content (AvgIpc) is 2.21. The van der Waals surface area contributed by atoms with Crippen LogP contribution in [-0.2, 0) is 12.8 Å². The van der Waals surface area contributed by atoms with Crippen molar-refractivity contribution in [3.05, 3.63) is 23.3 Å². The van der Waals surface area contributed by atoms with Crippen molar-refractivity contribution in [1.82, 2.24) is 0 Å². The van der Waals surface area contributed by atoms with E-state index in [1.54, 1.807) is 7.11 Å². The Labute approximate surface area is 84.5 Å². The zero-order chi connectivity index (χ0) is 10.6. The van der Waals surface area contributed by atoms with Crippen LogP contribution in [0.25, 0.3) is 0 Å². The maximum atomic E-state index is 9.76. The standard InChI is InChI=1S/C11H17NO2/c1-3-8-6-9(4-5-12)11(13)10(7-8)14-2/h6-7,13H,3-5,12H2,1-2H3. The van der Waals surface area contributed by atoms with Gasteiger partial charge < -0.3 is 15.6 Å². The molecule has 0 aliphatic heterocycles. The van der Waals surface area contributed by atoms with Gasteiger partial charge in [-0.2, -0.15) is 0 Å². The molecule has 14 heavy (non-hydrogen) atoms. The Balaban J connectivity index is 3.12. The van der Waals surface area contributed by atoms with Crippen LogP contribution in [0.2, 0.25) is 0 Å². The lowest BCUT2D eigenvalue weighted by Gasteiger charge is -2.10. The number of hydrogen-bond acceptors (Lipinski definition) is 3. The molecule has 0 saturated carbocycles. The zero-order valence-electron chi connectivity index (χ0n) is 8.71. The molecule has 0 amide bonds. The Morgan fingerprint density at radius 3 is 2.64 bits per heavy atom. The minimum Gasteiger partial charge on any atom is -0.504 e. The molecule has 78 valence electrons. The van der Waals surface area contributed by atoms with Crippen molar-refractivity contribution in [2.45, 2.75) is 19.8 Å². The molecule has 0 spiro atoms. The number of hydrogen-bond donors (Lipinski definition) is 2. The molecule has 0 fully saturated rings. The van der Waals surface area contributed by atoms with Crippen molar-refractivity contribution in [3.8, 4) is 11.5 Å². The third-order valence-electron chi connectivity index (χ3n) is 2.26. The molecule has 0 saturated heterocycles. The van der Waals surface area contributed by atoms with Crippen molar-refractivity contribution in [2.75, 3.05) is 13.7 Å². The topological polar surface area (TPSA) is 55.5 Å². The van der Waals surface area contributed by atoms with Crippen molar-refractivity contribution < 1.29 is 9.84 Å². The van der Waals surface area contributed by atoms with Crippen LogP contribution >= 0.6 is 0 Å². The summed E-state index contributed by atoms with van der Waals surface area (Å²) in [5.74, 6) is 0.753. The van der Waals surface area contributed by atoms with Crippen LogP contribution in [0.1, 0.15) is 18.1 Å². The zero-order valence-corrected chi connectivity index (χ0v) is 8.71. The van der Waals surface area contributed by atoms with Gasteiger partial charge in [0.25, 0.3) is 0 Å². The Bertz CT molecular complexity index is 310. The molecule has 1 aromatic carbocycles. The average molecular weight is 195 g/mol. The predicted molar refractivity (Wildman–Crippen MR) is 56.8 cm³/mol. The lowest BCUT2D eigenvalue weighted by Crippen LogP contribution is -2.04. The summed E-state index contributed by atoms with van der Waals surface area (Å²) >= 11 is 0. The van der Waals surface area contributed by atoms with Gasteiger partial charge in [-0.25, -0.2) is 0 Å². The van der Waals surface area contributed by atoms with E-state index in [1.807, 2.05) is 12.1 Å². The van der Waals surface area contributed by atoms with Gasteiger partial charge in [0.05, 0.1) is 7.11 Å². The number of aromatic hydroxyl groups is 1. The molecule has 0 heterocycles. The number of aryl methyl sites for hydroxylation is 1. The highest BCUT2D eigenvalue weighted by molar-refractivity contribution is 5.48. The molecule has 0 unspecified atom stereocenters. The highest BCUT2D eigenvalue weighted by atomic mass is 16.5. The maximum absolute atomic E-state index is 9.76. The maximum Gasteiger partial charge on any atom is 0.161 e. The van der Waals surface area contributed by atoms with Gasteiger partial charge >= 0.3 is 0 Å². The van der Waals surface area contributed by atoms with Crippen molar-refractivity contribution in [1.29, 1.82) is 0 Å². The molecule has 0 aromatic heterocycles. The van der Waals surface area contributed by atoms with E-state index < -0.39 is 0 Å². The Hall–Kier alpha value is -1.22. The van der Waals surface area contributed by atoms with E-state index in [4.69, 9.17) is 10.5 Å². The molecule has 0 aliphatic carbocycles. The highest BCUT2D eigenvalue weighted by Gasteiger charge is 2.08. The fourth-order valence-electron chi connectivity index (χ4n) is 1.43. The molecule has 0 radical (unpaired) electrons. The molecular formula is C11H17NO2. The first-order chi connectivity index (χ1) is 6.72. The summed E-state index contributed by atoms with van der Waals surface area (Å²) < 4.78 is 5.08. The van der Waals surface area contributed by atoms with Gasteiger partial charge in [0.15, 0.2) is 11.5 Å². The number of benzene rings is 1. The van der Waals surface area contributed by atoms with E-state index in [0.29, 0.717) is 18.7 Å². The van der Waals surface area contributed by atoms with Gasteiger partial charge in [-0.3, -0.25) is 0 Å². The number of phenolic OH excluding ortho intramolecular Hbond substituents is 1. The fourth-order valence-corrected chi connectivity index (χ4v) is 1.43. The summed E-state index contributed by atoms with van der Waals surface area (Å²) in [6.45, 7) is 2.60. The van der Waals surface area contributed by atoms with Gasteiger partial charge in [-0.05, 0) is 36.6 Å². The van der Waals surface area contributed by atoms with Gasteiger partial charge in [-0.15, -0.1) is 0 Å². The van der Waals surface area contributed by atoms with Gasteiger partial charge in [-0.1, -0.05) is 13.0 Å². The molecule has 3 heteroatoms. The predicted octanol–water partition coefficient (Wildman–Crippen LogP) is 1.46. The van der Waals surface area contributed by atoms with Crippen molar-refractivity contribution in [3.63, 3.8) is 0 Å². The molecular weight excluding hydrogens is 178 g/mol. The Kier molecular flexibility index (Phi) is 3.77. The van der Waals surface area contributed by atoms with Crippen LogP contribution in [0.5, 0.6) is 11.5 Å². The second-order valence-electron chi connectivity index (χ2n) is 3.20. The quantitative estimate of drug-likeness (QED) is 0.764. The lowest BCUT2D eigenvalue weighted by atomic mass is 10.0. The molecule has 1 aromatic rings. The third-order valence-corrected chi connectivity index (χ3v) is 2.26. The first kappa shape index (κ1) is 10.9. The summed E-state index contributed by atoms with van der Waals surface area (Å²) in [7, 11) is 1.56. The highest BCUT2D eigenvalue weighted by Crippen LogP contribution is 2.31. The largest absolute Gasteiger partial charge is 0.504 e.